The standard InChI is InChI=1S/C25H28N8O3/c1-4-5-12-32-21-20(19(22(34)28-2)23(32)31-11-7-9-17(27)14-31)30(3)25(36)33(24(21)35)15-18-16(13-26)8-6-10-29-18/h6,8,10,17H,7,9,11-12,14-15,27H2,1-3H3,(H,28,34)/t17-/m1/s1. The predicted molar refractivity (Wildman–Crippen MR) is 136 cm³/mol. The van der Waals surface area contributed by atoms with Crippen LogP contribution in [0.1, 0.15) is 41.4 Å². The molecule has 11 heteroatoms. The number of aryl methyl sites for hydroxylation is 1. The lowest BCUT2D eigenvalue weighted by Crippen LogP contribution is -2.44. The number of carbonyl (C=O) groups is 1. The Kier molecular flexibility index (Phi) is 6.95. The molecule has 186 valence electrons. The smallest absolute Gasteiger partial charge is 0.331 e. The summed E-state index contributed by atoms with van der Waals surface area (Å²) < 4.78 is 4.05. The molecule has 0 saturated carbocycles. The van der Waals surface area contributed by atoms with Gasteiger partial charge in [0.2, 0.25) is 0 Å². The van der Waals surface area contributed by atoms with E-state index in [0.29, 0.717) is 24.6 Å². The van der Waals surface area contributed by atoms with E-state index in [1.165, 1.54) is 24.9 Å². The van der Waals surface area contributed by atoms with Crippen molar-refractivity contribution in [2.45, 2.75) is 38.9 Å². The molecule has 3 aromatic heterocycles. The first kappa shape index (κ1) is 24.8. The van der Waals surface area contributed by atoms with Gasteiger partial charge in [-0.25, -0.2) is 4.79 Å². The first-order valence-electron chi connectivity index (χ1n) is 11.7. The third kappa shape index (κ3) is 4.14. The van der Waals surface area contributed by atoms with Crippen molar-refractivity contribution in [1.29, 1.82) is 5.26 Å². The molecule has 4 rings (SSSR count). The minimum Gasteiger partial charge on any atom is -0.356 e. The fourth-order valence-electron chi connectivity index (χ4n) is 4.76. The van der Waals surface area contributed by atoms with Gasteiger partial charge in [0.25, 0.3) is 11.5 Å². The number of carbonyl (C=O) groups excluding carboxylic acids is 1. The van der Waals surface area contributed by atoms with Crippen molar-refractivity contribution in [2.24, 2.45) is 12.8 Å². The SMILES string of the molecule is CC#CCn1c(N2CCC[C@@H](N)C2)c(C(=O)NC)c2c1c(=O)n(Cc1ncccc1C#N)c(=O)n2C. The highest BCUT2D eigenvalue weighted by molar-refractivity contribution is 6.11. The van der Waals surface area contributed by atoms with Crippen LogP contribution in [0.25, 0.3) is 11.0 Å². The molecule has 0 unspecified atom stereocenters. The van der Waals surface area contributed by atoms with Crippen molar-refractivity contribution in [2.75, 3.05) is 25.0 Å². The molecule has 0 aliphatic carbocycles. The number of pyridine rings is 1. The molecule has 1 atom stereocenters. The summed E-state index contributed by atoms with van der Waals surface area (Å²) in [6.07, 6.45) is 3.19. The van der Waals surface area contributed by atoms with Crippen molar-refractivity contribution in [1.82, 2.24) is 24.0 Å². The number of anilines is 1. The topological polar surface area (TPSA) is 144 Å². The number of nitriles is 1. The summed E-state index contributed by atoms with van der Waals surface area (Å²) in [4.78, 5) is 46.8. The molecular weight excluding hydrogens is 460 g/mol. The summed E-state index contributed by atoms with van der Waals surface area (Å²) in [6, 6.07) is 5.16. The van der Waals surface area contributed by atoms with E-state index in [2.05, 4.69) is 22.1 Å². The van der Waals surface area contributed by atoms with Crippen molar-refractivity contribution in [3.63, 3.8) is 0 Å². The Balaban J connectivity index is 2.09. The van der Waals surface area contributed by atoms with Gasteiger partial charge in [0, 0.05) is 39.4 Å². The second-order valence-electron chi connectivity index (χ2n) is 8.68. The van der Waals surface area contributed by atoms with Gasteiger partial charge in [-0.1, -0.05) is 5.92 Å². The van der Waals surface area contributed by atoms with Crippen LogP contribution in [-0.4, -0.2) is 50.8 Å². The lowest BCUT2D eigenvalue weighted by Gasteiger charge is -2.33. The van der Waals surface area contributed by atoms with E-state index in [9.17, 15) is 19.6 Å². The normalized spacial score (nSPS) is 15.3. The average molecular weight is 489 g/mol. The van der Waals surface area contributed by atoms with Crippen molar-refractivity contribution < 1.29 is 4.79 Å². The molecular formula is C25H28N8O3. The molecule has 4 heterocycles. The zero-order valence-corrected chi connectivity index (χ0v) is 20.5. The van der Waals surface area contributed by atoms with E-state index in [4.69, 9.17) is 5.73 Å². The minimum absolute atomic E-state index is 0.0888. The molecule has 3 N–H and O–H groups in total. The first-order valence-corrected chi connectivity index (χ1v) is 11.7. The summed E-state index contributed by atoms with van der Waals surface area (Å²) in [5.74, 6) is 5.95. The van der Waals surface area contributed by atoms with Gasteiger partial charge in [-0.15, -0.1) is 5.92 Å². The maximum Gasteiger partial charge on any atom is 0.331 e. The molecule has 11 nitrogen and oxygen atoms in total. The maximum atomic E-state index is 13.9. The number of nitrogens with one attached hydrogen (secondary N) is 1. The van der Waals surface area contributed by atoms with Gasteiger partial charge in [-0.2, -0.15) is 5.26 Å². The van der Waals surface area contributed by atoms with Crippen molar-refractivity contribution >= 4 is 22.8 Å². The molecule has 0 aromatic carbocycles. The number of nitrogens with zero attached hydrogens (tertiary/aromatic N) is 6. The zero-order valence-electron chi connectivity index (χ0n) is 20.5. The summed E-state index contributed by atoms with van der Waals surface area (Å²) in [5.41, 5.74) is 6.27. The van der Waals surface area contributed by atoms with Crippen LogP contribution in [0.4, 0.5) is 5.82 Å². The highest BCUT2D eigenvalue weighted by Crippen LogP contribution is 2.32. The molecule has 1 aliphatic heterocycles. The fraction of sp³-hybridized carbons (Fsp3) is 0.400. The van der Waals surface area contributed by atoms with Crippen molar-refractivity contribution in [3.05, 3.63) is 56.0 Å². The van der Waals surface area contributed by atoms with Crippen LogP contribution in [0.15, 0.2) is 27.9 Å². The number of fused-ring (bicyclic) bond motifs is 1. The average Bonchev–Trinajstić information content (AvgIpc) is 3.23. The third-order valence-electron chi connectivity index (χ3n) is 6.46. The summed E-state index contributed by atoms with van der Waals surface area (Å²) in [5, 5.41) is 12.1. The number of hydrogen-bond acceptors (Lipinski definition) is 7. The molecule has 0 spiro atoms. The quantitative estimate of drug-likeness (QED) is 0.486. The number of hydrogen-bond donors (Lipinski definition) is 2. The lowest BCUT2D eigenvalue weighted by atomic mass is 10.1. The molecule has 3 aromatic rings. The molecule has 1 fully saturated rings. The molecule has 36 heavy (non-hydrogen) atoms. The highest BCUT2D eigenvalue weighted by atomic mass is 16.2. The van der Waals surface area contributed by atoms with E-state index >= 15 is 0 Å². The Labute approximate surface area is 207 Å². The Morgan fingerprint density at radius 1 is 1.31 bits per heavy atom. The van der Waals surface area contributed by atoms with Gasteiger partial charge in [-0.3, -0.25) is 23.7 Å². The number of amides is 1. The second kappa shape index (κ2) is 10.1. The molecule has 1 saturated heterocycles. The molecule has 0 radical (unpaired) electrons. The molecule has 1 aliphatic rings. The van der Waals surface area contributed by atoms with Gasteiger partial charge < -0.3 is 20.5 Å². The number of piperidine rings is 1. The molecule has 0 bridgehead atoms. The van der Waals surface area contributed by atoms with Crippen LogP contribution in [0.5, 0.6) is 0 Å². The fourth-order valence-corrected chi connectivity index (χ4v) is 4.76. The van der Waals surface area contributed by atoms with Gasteiger partial charge in [0.1, 0.15) is 23.0 Å². The van der Waals surface area contributed by atoms with Crippen LogP contribution < -0.4 is 27.2 Å². The third-order valence-corrected chi connectivity index (χ3v) is 6.46. The van der Waals surface area contributed by atoms with Crippen LogP contribution in [0.2, 0.25) is 0 Å². The largest absolute Gasteiger partial charge is 0.356 e. The number of rotatable bonds is 5. The van der Waals surface area contributed by atoms with Crippen LogP contribution in [0, 0.1) is 23.2 Å². The van der Waals surface area contributed by atoms with Gasteiger partial charge in [0.05, 0.1) is 29.9 Å². The van der Waals surface area contributed by atoms with Gasteiger partial charge in [0.15, 0.2) is 0 Å². The van der Waals surface area contributed by atoms with E-state index in [1.807, 2.05) is 11.0 Å². The summed E-state index contributed by atoms with van der Waals surface area (Å²) in [6.45, 7) is 2.80. The Hall–Kier alpha value is -4.35. The van der Waals surface area contributed by atoms with Crippen molar-refractivity contribution in [3.8, 4) is 17.9 Å². The van der Waals surface area contributed by atoms with E-state index < -0.39 is 17.2 Å². The highest BCUT2D eigenvalue weighted by Gasteiger charge is 2.32. The summed E-state index contributed by atoms with van der Waals surface area (Å²) >= 11 is 0. The van der Waals surface area contributed by atoms with Gasteiger partial charge in [-0.05, 0) is 31.9 Å². The van der Waals surface area contributed by atoms with E-state index in [-0.39, 0.29) is 41.3 Å². The summed E-state index contributed by atoms with van der Waals surface area (Å²) in [7, 11) is 3.03. The second-order valence-corrected chi connectivity index (χ2v) is 8.68. The minimum atomic E-state index is -0.618. The van der Waals surface area contributed by atoms with Gasteiger partial charge >= 0.3 is 5.69 Å². The lowest BCUT2D eigenvalue weighted by molar-refractivity contribution is 0.0964. The predicted octanol–water partition coefficient (Wildman–Crippen LogP) is 0.127. The monoisotopic (exact) mass is 488 g/mol. The first-order chi connectivity index (χ1) is 17.3. The van der Waals surface area contributed by atoms with Crippen LogP contribution in [0.3, 0.4) is 0 Å². The Morgan fingerprint density at radius 3 is 2.75 bits per heavy atom. The maximum absolute atomic E-state index is 13.9. The number of aromatic nitrogens is 4. The Bertz CT molecular complexity index is 1560. The van der Waals surface area contributed by atoms with E-state index in [1.54, 1.807) is 23.6 Å². The number of nitrogens with two attached hydrogens (primary N) is 1. The Morgan fingerprint density at radius 2 is 2.08 bits per heavy atom. The van der Waals surface area contributed by atoms with E-state index in [0.717, 1.165) is 17.4 Å². The molecule has 1 amide bonds. The van der Waals surface area contributed by atoms with Crippen LogP contribution >= 0.6 is 0 Å². The zero-order chi connectivity index (χ0) is 26.0. The van der Waals surface area contributed by atoms with Crippen LogP contribution in [-0.2, 0) is 20.1 Å².